The van der Waals surface area contributed by atoms with E-state index in [0.29, 0.717) is 0 Å². The zero-order valence-corrected chi connectivity index (χ0v) is 14.3. The summed E-state index contributed by atoms with van der Waals surface area (Å²) < 4.78 is 5.64. The van der Waals surface area contributed by atoms with Crippen molar-refractivity contribution in [2.24, 2.45) is 10.9 Å². The molecule has 0 unspecified atom stereocenters. The third-order valence-corrected chi connectivity index (χ3v) is 4.28. The predicted molar refractivity (Wildman–Crippen MR) is 92.4 cm³/mol. The maximum Gasteiger partial charge on any atom is 0.191 e. The largest absolute Gasteiger partial charge is 0.381 e. The highest BCUT2D eigenvalue weighted by Crippen LogP contribution is 2.28. The summed E-state index contributed by atoms with van der Waals surface area (Å²) in [6.45, 7) is 10.3. The summed E-state index contributed by atoms with van der Waals surface area (Å²) in [5, 5.41) is 6.76. The molecule has 1 aliphatic carbocycles. The predicted octanol–water partition coefficient (Wildman–Crippen LogP) is 1.84. The van der Waals surface area contributed by atoms with Gasteiger partial charge in [-0.3, -0.25) is 4.99 Å². The van der Waals surface area contributed by atoms with Crippen molar-refractivity contribution in [2.75, 3.05) is 52.5 Å². The van der Waals surface area contributed by atoms with Gasteiger partial charge in [-0.2, -0.15) is 0 Å². The summed E-state index contributed by atoms with van der Waals surface area (Å²) in [4.78, 5) is 7.17. The van der Waals surface area contributed by atoms with Gasteiger partial charge in [0, 0.05) is 39.4 Å². The summed E-state index contributed by atoms with van der Waals surface area (Å²) in [7, 11) is 0. The number of hydrogen-bond acceptors (Lipinski definition) is 3. The second-order valence-electron chi connectivity index (χ2n) is 6.46. The Morgan fingerprint density at radius 3 is 2.73 bits per heavy atom. The average molecular weight is 310 g/mol. The fourth-order valence-electron chi connectivity index (χ4n) is 2.75. The molecule has 1 saturated heterocycles. The van der Waals surface area contributed by atoms with Crippen LogP contribution in [0.25, 0.3) is 0 Å². The van der Waals surface area contributed by atoms with Crippen LogP contribution < -0.4 is 10.6 Å². The second kappa shape index (κ2) is 10.8. The molecule has 0 amide bonds. The van der Waals surface area contributed by atoms with Gasteiger partial charge in [-0.1, -0.05) is 6.42 Å². The number of hydrogen-bond donors (Lipinski definition) is 2. The van der Waals surface area contributed by atoms with Gasteiger partial charge in [-0.15, -0.1) is 0 Å². The monoisotopic (exact) mass is 310 g/mol. The molecule has 1 saturated carbocycles. The highest BCUT2D eigenvalue weighted by atomic mass is 16.5. The van der Waals surface area contributed by atoms with Crippen LogP contribution in [0.2, 0.25) is 0 Å². The molecule has 128 valence electrons. The maximum absolute atomic E-state index is 5.64. The van der Waals surface area contributed by atoms with E-state index in [9.17, 15) is 0 Å². The molecule has 0 bridgehead atoms. The van der Waals surface area contributed by atoms with E-state index >= 15 is 0 Å². The average Bonchev–Trinajstić information content (AvgIpc) is 3.36. The topological polar surface area (TPSA) is 48.9 Å². The van der Waals surface area contributed by atoms with Crippen LogP contribution in [0.4, 0.5) is 0 Å². The molecule has 5 nitrogen and oxygen atoms in total. The first-order valence-corrected chi connectivity index (χ1v) is 9.20. The van der Waals surface area contributed by atoms with E-state index in [1.807, 2.05) is 0 Å². The molecular weight excluding hydrogens is 276 g/mol. The van der Waals surface area contributed by atoms with Crippen molar-refractivity contribution in [1.82, 2.24) is 15.5 Å². The Morgan fingerprint density at radius 2 is 2.00 bits per heavy atom. The Kier molecular flexibility index (Phi) is 8.64. The van der Waals surface area contributed by atoms with Crippen molar-refractivity contribution in [3.05, 3.63) is 0 Å². The first-order valence-electron chi connectivity index (χ1n) is 9.20. The normalized spacial score (nSPS) is 20.1. The minimum atomic E-state index is 0.837. The summed E-state index contributed by atoms with van der Waals surface area (Å²) in [5.74, 6) is 1.80. The SMILES string of the molecule is CCNC(=NCCCOCC1CC1)NCCN1CCCCC1. The van der Waals surface area contributed by atoms with Gasteiger partial charge in [0.2, 0.25) is 0 Å². The molecule has 1 aliphatic heterocycles. The van der Waals surface area contributed by atoms with Crippen molar-refractivity contribution in [1.29, 1.82) is 0 Å². The number of likely N-dealkylation sites (tertiary alicyclic amines) is 1. The van der Waals surface area contributed by atoms with Gasteiger partial charge in [0.25, 0.3) is 0 Å². The molecule has 0 aromatic carbocycles. The zero-order valence-electron chi connectivity index (χ0n) is 14.3. The van der Waals surface area contributed by atoms with Crippen LogP contribution in [0.15, 0.2) is 4.99 Å². The molecule has 1 heterocycles. The number of aliphatic imine (C=N–C) groups is 1. The van der Waals surface area contributed by atoms with E-state index in [2.05, 4.69) is 27.4 Å². The fourth-order valence-corrected chi connectivity index (χ4v) is 2.75. The van der Waals surface area contributed by atoms with Crippen LogP contribution in [-0.2, 0) is 4.74 Å². The molecule has 2 rings (SSSR count). The molecule has 2 fully saturated rings. The van der Waals surface area contributed by atoms with Crippen LogP contribution in [0.1, 0.15) is 45.4 Å². The fraction of sp³-hybridized carbons (Fsp3) is 0.941. The van der Waals surface area contributed by atoms with Gasteiger partial charge in [0.1, 0.15) is 0 Å². The van der Waals surface area contributed by atoms with Crippen molar-refractivity contribution in [3.8, 4) is 0 Å². The van der Waals surface area contributed by atoms with Gasteiger partial charge in [-0.25, -0.2) is 0 Å². The lowest BCUT2D eigenvalue weighted by atomic mass is 10.1. The number of guanidine groups is 1. The van der Waals surface area contributed by atoms with Crippen molar-refractivity contribution in [2.45, 2.75) is 45.4 Å². The van der Waals surface area contributed by atoms with E-state index < -0.39 is 0 Å². The number of nitrogens with zero attached hydrogens (tertiary/aromatic N) is 2. The Bertz CT molecular complexity index is 312. The van der Waals surface area contributed by atoms with Gasteiger partial charge in [0.15, 0.2) is 5.96 Å². The van der Waals surface area contributed by atoms with Crippen LogP contribution >= 0.6 is 0 Å². The molecule has 0 aromatic rings. The molecule has 0 atom stereocenters. The van der Waals surface area contributed by atoms with E-state index in [-0.39, 0.29) is 0 Å². The second-order valence-corrected chi connectivity index (χ2v) is 6.46. The minimum Gasteiger partial charge on any atom is -0.381 e. The standard InChI is InChI=1S/C17H34N4O/c1-2-18-17(19-9-6-14-22-15-16-7-8-16)20-10-13-21-11-4-3-5-12-21/h16H,2-15H2,1H3,(H2,18,19,20). The molecule has 5 heteroatoms. The third kappa shape index (κ3) is 7.99. The summed E-state index contributed by atoms with van der Waals surface area (Å²) in [5.41, 5.74) is 0. The first kappa shape index (κ1) is 17.5. The summed E-state index contributed by atoms with van der Waals surface area (Å²) >= 11 is 0. The lowest BCUT2D eigenvalue weighted by Crippen LogP contribution is -2.42. The summed E-state index contributed by atoms with van der Waals surface area (Å²) in [6.07, 6.45) is 7.85. The molecule has 2 N–H and O–H groups in total. The molecule has 0 radical (unpaired) electrons. The van der Waals surface area contributed by atoms with Crippen LogP contribution in [0.5, 0.6) is 0 Å². The van der Waals surface area contributed by atoms with Crippen LogP contribution in [0, 0.1) is 5.92 Å². The highest BCUT2D eigenvalue weighted by molar-refractivity contribution is 5.79. The van der Waals surface area contributed by atoms with Gasteiger partial charge >= 0.3 is 0 Å². The number of nitrogens with one attached hydrogen (secondary N) is 2. The van der Waals surface area contributed by atoms with Crippen LogP contribution in [0.3, 0.4) is 0 Å². The van der Waals surface area contributed by atoms with Gasteiger partial charge in [0.05, 0.1) is 0 Å². The van der Waals surface area contributed by atoms with E-state index in [0.717, 1.165) is 57.7 Å². The molecule has 0 aromatic heterocycles. The van der Waals surface area contributed by atoms with E-state index in [4.69, 9.17) is 4.74 Å². The summed E-state index contributed by atoms with van der Waals surface area (Å²) in [6, 6.07) is 0. The van der Waals surface area contributed by atoms with Crippen molar-refractivity contribution < 1.29 is 4.74 Å². The molecule has 0 spiro atoms. The number of ether oxygens (including phenoxy) is 1. The third-order valence-electron chi connectivity index (χ3n) is 4.28. The minimum absolute atomic E-state index is 0.837. The Hall–Kier alpha value is -0.810. The lowest BCUT2D eigenvalue weighted by Gasteiger charge is -2.26. The van der Waals surface area contributed by atoms with E-state index in [1.165, 1.54) is 45.2 Å². The highest BCUT2D eigenvalue weighted by Gasteiger charge is 2.20. The van der Waals surface area contributed by atoms with Crippen LogP contribution in [-0.4, -0.2) is 63.3 Å². The molecular formula is C17H34N4O. The maximum atomic E-state index is 5.64. The number of piperidine rings is 1. The lowest BCUT2D eigenvalue weighted by molar-refractivity contribution is 0.123. The van der Waals surface area contributed by atoms with Gasteiger partial charge in [-0.05, 0) is 58.0 Å². The molecule has 22 heavy (non-hydrogen) atoms. The Morgan fingerprint density at radius 1 is 1.18 bits per heavy atom. The van der Waals surface area contributed by atoms with E-state index in [1.54, 1.807) is 0 Å². The Balaban J connectivity index is 1.52. The smallest absolute Gasteiger partial charge is 0.191 e. The molecule has 2 aliphatic rings. The van der Waals surface area contributed by atoms with Crippen molar-refractivity contribution in [3.63, 3.8) is 0 Å². The quantitative estimate of drug-likeness (QED) is 0.367. The Labute approximate surface area is 135 Å². The van der Waals surface area contributed by atoms with Crippen molar-refractivity contribution >= 4 is 5.96 Å². The first-order chi connectivity index (χ1) is 10.9. The van der Waals surface area contributed by atoms with Gasteiger partial charge < -0.3 is 20.3 Å². The zero-order chi connectivity index (χ0) is 15.5. The number of rotatable bonds is 10.